The summed E-state index contributed by atoms with van der Waals surface area (Å²) in [7, 11) is 0. The Hall–Kier alpha value is -2.96. The summed E-state index contributed by atoms with van der Waals surface area (Å²) in [5, 5.41) is 2.56. The minimum Gasteiger partial charge on any atom is -0.463 e. The van der Waals surface area contributed by atoms with E-state index in [1.807, 2.05) is 0 Å². The summed E-state index contributed by atoms with van der Waals surface area (Å²) in [6.45, 7) is 4.67. The van der Waals surface area contributed by atoms with Gasteiger partial charge in [-0.05, 0) is 45.0 Å². The second-order valence-electron chi connectivity index (χ2n) is 4.79. The standard InChI is InChI=1S/C17H19NO6/c1-4-23-15(20)9-10-16(21)24-12(3)17(22)18-14-7-5-13(6-8-14)11(2)19/h5-10,12H,4H2,1-3H3,(H,18,22)/b10-9+/t12-/m1/s1. The molecule has 0 saturated carbocycles. The highest BCUT2D eigenvalue weighted by molar-refractivity contribution is 5.98. The number of amides is 1. The monoisotopic (exact) mass is 333 g/mol. The van der Waals surface area contributed by atoms with Gasteiger partial charge < -0.3 is 14.8 Å². The van der Waals surface area contributed by atoms with E-state index in [0.29, 0.717) is 11.3 Å². The first kappa shape index (κ1) is 19.1. The molecule has 1 N–H and O–H groups in total. The Morgan fingerprint density at radius 1 is 1.08 bits per heavy atom. The largest absolute Gasteiger partial charge is 0.463 e. The molecule has 0 bridgehead atoms. The first-order valence-corrected chi connectivity index (χ1v) is 7.30. The lowest BCUT2D eigenvalue weighted by Crippen LogP contribution is -2.29. The molecule has 1 aromatic rings. The minimum atomic E-state index is -1.06. The zero-order chi connectivity index (χ0) is 18.1. The Balaban J connectivity index is 2.53. The maximum atomic E-state index is 11.9. The Bertz CT molecular complexity index is 648. The van der Waals surface area contributed by atoms with E-state index >= 15 is 0 Å². The molecule has 1 aromatic carbocycles. The van der Waals surface area contributed by atoms with E-state index in [4.69, 9.17) is 4.74 Å². The number of hydrogen-bond donors (Lipinski definition) is 1. The van der Waals surface area contributed by atoms with Gasteiger partial charge in [-0.2, -0.15) is 0 Å². The topological polar surface area (TPSA) is 98.8 Å². The first-order valence-electron chi connectivity index (χ1n) is 7.30. The third-order valence-electron chi connectivity index (χ3n) is 2.86. The number of nitrogens with one attached hydrogen (secondary N) is 1. The van der Waals surface area contributed by atoms with Crippen LogP contribution < -0.4 is 5.32 Å². The molecule has 1 atom stereocenters. The molecule has 128 valence electrons. The van der Waals surface area contributed by atoms with Crippen LogP contribution in [0.5, 0.6) is 0 Å². The maximum Gasteiger partial charge on any atom is 0.331 e. The second-order valence-corrected chi connectivity index (χ2v) is 4.79. The van der Waals surface area contributed by atoms with Gasteiger partial charge >= 0.3 is 11.9 Å². The molecule has 0 aromatic heterocycles. The summed E-state index contributed by atoms with van der Waals surface area (Å²) in [5.41, 5.74) is 0.992. The highest BCUT2D eigenvalue weighted by Gasteiger charge is 2.17. The summed E-state index contributed by atoms with van der Waals surface area (Å²) in [6, 6.07) is 6.31. The predicted molar refractivity (Wildman–Crippen MR) is 86.4 cm³/mol. The number of hydrogen-bond acceptors (Lipinski definition) is 6. The van der Waals surface area contributed by atoms with Gasteiger partial charge in [0.2, 0.25) is 0 Å². The van der Waals surface area contributed by atoms with E-state index in [9.17, 15) is 19.2 Å². The van der Waals surface area contributed by atoms with Crippen molar-refractivity contribution in [3.8, 4) is 0 Å². The highest BCUT2D eigenvalue weighted by atomic mass is 16.5. The molecule has 0 heterocycles. The first-order chi connectivity index (χ1) is 11.3. The van der Waals surface area contributed by atoms with Crippen LogP contribution in [-0.4, -0.2) is 36.3 Å². The number of carbonyl (C=O) groups is 4. The van der Waals surface area contributed by atoms with Gasteiger partial charge in [-0.25, -0.2) is 9.59 Å². The Kier molecular flexibility index (Phi) is 7.35. The fourth-order valence-corrected chi connectivity index (χ4v) is 1.63. The minimum absolute atomic E-state index is 0.0800. The van der Waals surface area contributed by atoms with Crippen molar-refractivity contribution >= 4 is 29.3 Å². The van der Waals surface area contributed by atoms with Crippen LogP contribution in [0.15, 0.2) is 36.4 Å². The van der Waals surface area contributed by atoms with Crippen LogP contribution >= 0.6 is 0 Å². The van der Waals surface area contributed by atoms with Gasteiger partial charge in [-0.3, -0.25) is 9.59 Å². The van der Waals surface area contributed by atoms with E-state index in [1.165, 1.54) is 13.8 Å². The lowest BCUT2D eigenvalue weighted by Gasteiger charge is -2.12. The number of ether oxygens (including phenoxy) is 2. The Morgan fingerprint density at radius 3 is 2.21 bits per heavy atom. The molecule has 7 nitrogen and oxygen atoms in total. The van der Waals surface area contributed by atoms with Crippen LogP contribution in [0.25, 0.3) is 0 Å². The fourth-order valence-electron chi connectivity index (χ4n) is 1.63. The molecular formula is C17H19NO6. The summed E-state index contributed by atoms with van der Waals surface area (Å²) < 4.78 is 9.49. The third kappa shape index (κ3) is 6.43. The van der Waals surface area contributed by atoms with E-state index in [1.54, 1.807) is 31.2 Å². The molecule has 0 aliphatic rings. The number of carbonyl (C=O) groups excluding carboxylic acids is 4. The molecule has 24 heavy (non-hydrogen) atoms. The number of benzene rings is 1. The van der Waals surface area contributed by atoms with Gasteiger partial charge in [-0.1, -0.05) is 0 Å². The molecule has 0 fully saturated rings. The lowest BCUT2D eigenvalue weighted by molar-refractivity contribution is -0.148. The molecule has 0 aliphatic heterocycles. The number of anilines is 1. The van der Waals surface area contributed by atoms with Crippen molar-refractivity contribution in [3.05, 3.63) is 42.0 Å². The summed E-state index contributed by atoms with van der Waals surface area (Å²) in [6.07, 6.45) is 0.761. The van der Waals surface area contributed by atoms with Crippen molar-refractivity contribution in [2.24, 2.45) is 0 Å². The van der Waals surface area contributed by atoms with Crippen LogP contribution in [0.3, 0.4) is 0 Å². The van der Waals surface area contributed by atoms with E-state index < -0.39 is 23.9 Å². The lowest BCUT2D eigenvalue weighted by atomic mass is 10.1. The van der Waals surface area contributed by atoms with Gasteiger partial charge in [0.25, 0.3) is 5.91 Å². The van der Waals surface area contributed by atoms with E-state index in [2.05, 4.69) is 10.1 Å². The van der Waals surface area contributed by atoms with Crippen molar-refractivity contribution in [3.63, 3.8) is 0 Å². The molecule has 0 saturated heterocycles. The summed E-state index contributed by atoms with van der Waals surface area (Å²) in [4.78, 5) is 45.7. The molecule has 0 spiro atoms. The van der Waals surface area contributed by atoms with Gasteiger partial charge in [0.1, 0.15) is 0 Å². The van der Waals surface area contributed by atoms with Crippen molar-refractivity contribution in [2.45, 2.75) is 26.9 Å². The van der Waals surface area contributed by atoms with Gasteiger partial charge in [-0.15, -0.1) is 0 Å². The van der Waals surface area contributed by atoms with Crippen LogP contribution in [0, 0.1) is 0 Å². The van der Waals surface area contributed by atoms with Crippen LogP contribution in [-0.2, 0) is 23.9 Å². The van der Waals surface area contributed by atoms with Crippen LogP contribution in [0.1, 0.15) is 31.1 Å². The Labute approximate surface area is 139 Å². The van der Waals surface area contributed by atoms with Crippen molar-refractivity contribution < 1.29 is 28.7 Å². The van der Waals surface area contributed by atoms with Crippen molar-refractivity contribution in [1.29, 1.82) is 0 Å². The van der Waals surface area contributed by atoms with Gasteiger partial charge in [0, 0.05) is 23.4 Å². The number of Topliss-reactive ketones (excluding diaryl/α,β-unsaturated/α-hetero) is 1. The third-order valence-corrected chi connectivity index (χ3v) is 2.86. The number of ketones is 1. The van der Waals surface area contributed by atoms with Crippen LogP contribution in [0.4, 0.5) is 5.69 Å². The molecule has 0 unspecified atom stereocenters. The Morgan fingerprint density at radius 2 is 1.67 bits per heavy atom. The SMILES string of the molecule is CCOC(=O)/C=C/C(=O)O[C@H](C)C(=O)Nc1ccc(C(C)=O)cc1. The molecule has 0 aliphatic carbocycles. The van der Waals surface area contributed by atoms with E-state index in [0.717, 1.165) is 12.2 Å². The molecule has 0 radical (unpaired) electrons. The van der Waals surface area contributed by atoms with Crippen molar-refractivity contribution in [2.75, 3.05) is 11.9 Å². The normalized spacial score (nSPS) is 11.6. The van der Waals surface area contributed by atoms with Gasteiger partial charge in [0.15, 0.2) is 11.9 Å². The number of rotatable bonds is 7. The van der Waals surface area contributed by atoms with Gasteiger partial charge in [0.05, 0.1) is 6.61 Å². The smallest absolute Gasteiger partial charge is 0.331 e. The molecule has 1 rings (SSSR count). The second kappa shape index (κ2) is 9.24. The predicted octanol–water partition coefficient (Wildman–Crippen LogP) is 1.88. The molecule has 7 heteroatoms. The van der Waals surface area contributed by atoms with E-state index in [-0.39, 0.29) is 12.4 Å². The molecular weight excluding hydrogens is 314 g/mol. The summed E-state index contributed by atoms with van der Waals surface area (Å²) in [5.74, 6) is -2.12. The van der Waals surface area contributed by atoms with Crippen LogP contribution in [0.2, 0.25) is 0 Å². The molecule has 1 amide bonds. The number of esters is 2. The maximum absolute atomic E-state index is 11.9. The zero-order valence-electron chi connectivity index (χ0n) is 13.7. The average Bonchev–Trinajstić information content (AvgIpc) is 2.53. The quantitative estimate of drug-likeness (QED) is 0.465. The summed E-state index contributed by atoms with van der Waals surface area (Å²) >= 11 is 0. The van der Waals surface area contributed by atoms with Crippen molar-refractivity contribution in [1.82, 2.24) is 0 Å². The highest BCUT2D eigenvalue weighted by Crippen LogP contribution is 2.11. The fraction of sp³-hybridized carbons (Fsp3) is 0.294. The average molecular weight is 333 g/mol. The zero-order valence-corrected chi connectivity index (χ0v) is 13.7.